The van der Waals surface area contributed by atoms with Gasteiger partial charge in [-0.2, -0.15) is 0 Å². The quantitative estimate of drug-likeness (QED) is 0.694. The minimum Gasteiger partial charge on any atom is -0.478 e. The van der Waals surface area contributed by atoms with Crippen LogP contribution in [0.4, 0.5) is 0 Å². The first-order valence-electron chi connectivity index (χ1n) is 4.86. The Balaban J connectivity index is 0. The molecule has 0 aromatic heterocycles. The van der Waals surface area contributed by atoms with Gasteiger partial charge >= 0.3 is 5.97 Å². The van der Waals surface area contributed by atoms with Crippen molar-refractivity contribution in [2.75, 3.05) is 0 Å². The summed E-state index contributed by atoms with van der Waals surface area (Å²) in [6, 6.07) is 0. The predicted molar refractivity (Wildman–Crippen MR) is 57.3 cm³/mol. The van der Waals surface area contributed by atoms with Crippen LogP contribution in [0.2, 0.25) is 0 Å². The van der Waals surface area contributed by atoms with Crippen molar-refractivity contribution in [2.24, 2.45) is 0 Å². The van der Waals surface area contributed by atoms with Crippen molar-refractivity contribution in [1.82, 2.24) is 0 Å². The monoisotopic (exact) mass is 200 g/mol. The molecule has 0 rings (SSSR count). The molecule has 0 saturated heterocycles. The van der Waals surface area contributed by atoms with Crippen molar-refractivity contribution in [2.45, 2.75) is 46.5 Å². The standard InChI is InChI=1S/C7H14O.C4H6O2/c1-3-5-7(8)6-4-2;1-3(2)4(5)6/h3-6H2,1-2H3;1H2,2H3,(H,5,6). The predicted octanol–water partition coefficient (Wildman–Crippen LogP) is 2.80. The summed E-state index contributed by atoms with van der Waals surface area (Å²) in [4.78, 5) is 20.2. The van der Waals surface area contributed by atoms with Crippen molar-refractivity contribution in [3.8, 4) is 0 Å². The molecule has 82 valence electrons. The van der Waals surface area contributed by atoms with E-state index in [0.717, 1.165) is 25.7 Å². The van der Waals surface area contributed by atoms with Crippen LogP contribution in [-0.2, 0) is 9.59 Å². The number of ketones is 1. The smallest absolute Gasteiger partial charge is 0.330 e. The number of carboxylic acids is 1. The first-order valence-corrected chi connectivity index (χ1v) is 4.86. The fourth-order valence-corrected chi connectivity index (χ4v) is 0.683. The van der Waals surface area contributed by atoms with Crippen molar-refractivity contribution >= 4 is 11.8 Å². The van der Waals surface area contributed by atoms with E-state index in [2.05, 4.69) is 6.58 Å². The fourth-order valence-electron chi connectivity index (χ4n) is 0.683. The molecule has 1 N–H and O–H groups in total. The van der Waals surface area contributed by atoms with Crippen LogP contribution in [-0.4, -0.2) is 16.9 Å². The van der Waals surface area contributed by atoms with Gasteiger partial charge in [-0.15, -0.1) is 0 Å². The van der Waals surface area contributed by atoms with E-state index in [9.17, 15) is 9.59 Å². The third-order valence-corrected chi connectivity index (χ3v) is 1.42. The Hall–Kier alpha value is -1.12. The molecule has 0 amide bonds. The molecule has 3 nitrogen and oxygen atoms in total. The second-order valence-electron chi connectivity index (χ2n) is 3.12. The van der Waals surface area contributed by atoms with Crippen LogP contribution in [0.5, 0.6) is 0 Å². The Morgan fingerprint density at radius 2 is 1.43 bits per heavy atom. The molecule has 0 aliphatic carbocycles. The molecule has 0 fully saturated rings. The maximum absolute atomic E-state index is 10.6. The van der Waals surface area contributed by atoms with Gasteiger partial charge in [0.15, 0.2) is 0 Å². The maximum atomic E-state index is 10.6. The number of carboxylic acid groups (broad SMARTS) is 1. The molecule has 0 aromatic rings. The largest absolute Gasteiger partial charge is 0.478 e. The summed E-state index contributed by atoms with van der Waals surface area (Å²) < 4.78 is 0. The van der Waals surface area contributed by atoms with Crippen molar-refractivity contribution in [3.63, 3.8) is 0 Å². The number of hydrogen-bond donors (Lipinski definition) is 1. The number of carbonyl (C=O) groups is 2. The molecule has 0 aliphatic heterocycles. The van der Waals surface area contributed by atoms with E-state index >= 15 is 0 Å². The third kappa shape index (κ3) is 13.5. The zero-order chi connectivity index (χ0) is 11.6. The number of carbonyl (C=O) groups excluding carboxylic acids is 1. The average molecular weight is 200 g/mol. The molecule has 0 aliphatic rings. The zero-order valence-electron chi connectivity index (χ0n) is 9.30. The van der Waals surface area contributed by atoms with Gasteiger partial charge in [-0.25, -0.2) is 4.79 Å². The summed E-state index contributed by atoms with van der Waals surface area (Å²) in [5.74, 6) is -0.523. The summed E-state index contributed by atoms with van der Waals surface area (Å²) >= 11 is 0. The number of Topliss-reactive ketones (excluding diaryl/α,β-unsaturated/α-hetero) is 1. The lowest BCUT2D eigenvalue weighted by Crippen LogP contribution is -1.93. The Labute approximate surface area is 85.8 Å². The highest BCUT2D eigenvalue weighted by atomic mass is 16.4. The van der Waals surface area contributed by atoms with Crippen LogP contribution in [0.15, 0.2) is 12.2 Å². The molecular weight excluding hydrogens is 180 g/mol. The summed E-state index contributed by atoms with van der Waals surface area (Å²) in [6.07, 6.45) is 3.54. The van der Waals surface area contributed by atoms with Crippen molar-refractivity contribution < 1.29 is 14.7 Å². The second-order valence-corrected chi connectivity index (χ2v) is 3.12. The minimum absolute atomic E-state index is 0.176. The Morgan fingerprint density at radius 3 is 1.57 bits per heavy atom. The van der Waals surface area contributed by atoms with E-state index in [1.165, 1.54) is 6.92 Å². The first-order chi connectivity index (χ1) is 6.45. The minimum atomic E-state index is -0.935. The van der Waals surface area contributed by atoms with Crippen LogP contribution >= 0.6 is 0 Å². The van der Waals surface area contributed by atoms with Crippen LogP contribution in [0.3, 0.4) is 0 Å². The Bertz CT molecular complexity index is 175. The lowest BCUT2D eigenvalue weighted by atomic mass is 10.1. The van der Waals surface area contributed by atoms with Gasteiger partial charge in [0.25, 0.3) is 0 Å². The molecule has 0 atom stereocenters. The lowest BCUT2D eigenvalue weighted by Gasteiger charge is -1.91. The van der Waals surface area contributed by atoms with Gasteiger partial charge in [0.05, 0.1) is 0 Å². The van der Waals surface area contributed by atoms with Crippen LogP contribution in [0, 0.1) is 0 Å². The van der Waals surface area contributed by atoms with Crippen molar-refractivity contribution in [1.29, 1.82) is 0 Å². The highest BCUT2D eigenvalue weighted by Crippen LogP contribution is 1.95. The van der Waals surface area contributed by atoms with Crippen LogP contribution < -0.4 is 0 Å². The number of rotatable bonds is 5. The molecular formula is C11H20O3. The second kappa shape index (κ2) is 9.96. The highest BCUT2D eigenvalue weighted by molar-refractivity contribution is 5.84. The Morgan fingerprint density at radius 1 is 1.14 bits per heavy atom. The lowest BCUT2D eigenvalue weighted by molar-refractivity contribution is -0.132. The summed E-state index contributed by atoms with van der Waals surface area (Å²) in [6.45, 7) is 8.67. The summed E-state index contributed by atoms with van der Waals surface area (Å²) in [7, 11) is 0. The SMILES string of the molecule is C=C(C)C(=O)O.CCCC(=O)CCC. The van der Waals surface area contributed by atoms with Gasteiger partial charge in [0, 0.05) is 18.4 Å². The van der Waals surface area contributed by atoms with E-state index in [1.807, 2.05) is 13.8 Å². The fraction of sp³-hybridized carbons (Fsp3) is 0.636. The molecule has 0 saturated carbocycles. The van der Waals surface area contributed by atoms with Gasteiger partial charge in [-0.1, -0.05) is 20.4 Å². The topological polar surface area (TPSA) is 54.4 Å². The van der Waals surface area contributed by atoms with Gasteiger partial charge in [-0.05, 0) is 19.8 Å². The number of aliphatic carboxylic acids is 1. The van der Waals surface area contributed by atoms with E-state index in [0.29, 0.717) is 5.78 Å². The van der Waals surface area contributed by atoms with Gasteiger partial charge in [0.1, 0.15) is 5.78 Å². The molecule has 0 spiro atoms. The normalized spacial score (nSPS) is 8.50. The molecule has 0 heterocycles. The van der Waals surface area contributed by atoms with Gasteiger partial charge in [0.2, 0.25) is 0 Å². The molecule has 0 aromatic carbocycles. The van der Waals surface area contributed by atoms with Crippen LogP contribution in [0.1, 0.15) is 46.5 Å². The Kier molecular flexibility index (Phi) is 10.9. The molecule has 0 radical (unpaired) electrons. The first kappa shape index (κ1) is 15.4. The summed E-state index contributed by atoms with van der Waals surface area (Å²) in [5.41, 5.74) is 0.176. The number of hydrogen-bond acceptors (Lipinski definition) is 2. The maximum Gasteiger partial charge on any atom is 0.330 e. The molecule has 0 unspecified atom stereocenters. The van der Waals surface area contributed by atoms with E-state index in [1.54, 1.807) is 0 Å². The van der Waals surface area contributed by atoms with Gasteiger partial charge < -0.3 is 5.11 Å². The molecule has 14 heavy (non-hydrogen) atoms. The highest BCUT2D eigenvalue weighted by Gasteiger charge is 1.94. The van der Waals surface area contributed by atoms with Crippen molar-refractivity contribution in [3.05, 3.63) is 12.2 Å². The van der Waals surface area contributed by atoms with E-state index in [4.69, 9.17) is 5.11 Å². The molecule has 0 bridgehead atoms. The van der Waals surface area contributed by atoms with Gasteiger partial charge in [-0.3, -0.25) is 4.79 Å². The third-order valence-electron chi connectivity index (χ3n) is 1.42. The molecule has 3 heteroatoms. The zero-order valence-corrected chi connectivity index (χ0v) is 9.30. The van der Waals surface area contributed by atoms with E-state index < -0.39 is 5.97 Å². The van der Waals surface area contributed by atoms with Crippen LogP contribution in [0.25, 0.3) is 0 Å². The average Bonchev–Trinajstić information content (AvgIpc) is 2.06. The summed E-state index contributed by atoms with van der Waals surface area (Å²) in [5, 5.41) is 7.89. The van der Waals surface area contributed by atoms with E-state index in [-0.39, 0.29) is 5.57 Å².